The topological polar surface area (TPSA) is 68.3 Å². The van der Waals surface area contributed by atoms with Crippen molar-refractivity contribution >= 4 is 5.91 Å². The van der Waals surface area contributed by atoms with Crippen LogP contribution in [-0.4, -0.2) is 35.0 Å². The van der Waals surface area contributed by atoms with Gasteiger partial charge in [0.15, 0.2) is 0 Å². The minimum atomic E-state index is 0.0914. The molecule has 2 atom stereocenters. The Bertz CT molecular complexity index is 596. The Morgan fingerprint density at radius 1 is 1.18 bits per heavy atom. The number of aromatic nitrogens is 1. The largest absolute Gasteiger partial charge is 0.342 e. The van der Waals surface area contributed by atoms with Gasteiger partial charge in [0, 0.05) is 43.7 Å². The minimum Gasteiger partial charge on any atom is -0.342 e. The molecule has 1 aromatic rings. The molecule has 2 N–H and O–H groups in total. The molecule has 2 bridgehead atoms. The van der Waals surface area contributed by atoms with Crippen molar-refractivity contribution < 1.29 is 4.79 Å². The van der Waals surface area contributed by atoms with Crippen LogP contribution in [-0.2, 0) is 11.3 Å². The van der Waals surface area contributed by atoms with E-state index in [1.807, 2.05) is 21.6 Å². The standard InChI is InChI=1S/C17H25N3O2/c18-8-3-1-2-6-16(21)19-10-13-9-14(12-19)15-5-4-7-17(22)20(15)11-13/h4-5,7,13-14H,1-3,6,8-12,18H2/t13-,14+/m1/s1. The lowest BCUT2D eigenvalue weighted by Crippen LogP contribution is -2.49. The molecule has 1 saturated heterocycles. The van der Waals surface area contributed by atoms with Crippen LogP contribution < -0.4 is 11.3 Å². The number of carbonyl (C=O) groups is 1. The van der Waals surface area contributed by atoms with E-state index in [4.69, 9.17) is 5.73 Å². The summed E-state index contributed by atoms with van der Waals surface area (Å²) in [7, 11) is 0. The maximum atomic E-state index is 12.4. The molecular weight excluding hydrogens is 278 g/mol. The van der Waals surface area contributed by atoms with Gasteiger partial charge in [-0.05, 0) is 37.8 Å². The number of nitrogens with two attached hydrogens (primary N) is 1. The summed E-state index contributed by atoms with van der Waals surface area (Å²) in [6, 6.07) is 5.50. The number of rotatable bonds is 5. The molecule has 0 unspecified atom stereocenters. The Morgan fingerprint density at radius 2 is 2.05 bits per heavy atom. The number of unbranched alkanes of at least 4 members (excludes halogenated alkanes) is 2. The minimum absolute atomic E-state index is 0.0914. The summed E-state index contributed by atoms with van der Waals surface area (Å²) in [5, 5.41) is 0. The van der Waals surface area contributed by atoms with Crippen molar-refractivity contribution in [3.05, 3.63) is 34.2 Å². The van der Waals surface area contributed by atoms with Crippen molar-refractivity contribution in [3.63, 3.8) is 0 Å². The first kappa shape index (κ1) is 15.3. The van der Waals surface area contributed by atoms with E-state index >= 15 is 0 Å². The normalized spacial score (nSPS) is 23.2. The Hall–Kier alpha value is -1.62. The van der Waals surface area contributed by atoms with Gasteiger partial charge >= 0.3 is 0 Å². The second kappa shape index (κ2) is 6.65. The molecular formula is C17H25N3O2. The van der Waals surface area contributed by atoms with Gasteiger partial charge in [-0.15, -0.1) is 0 Å². The zero-order chi connectivity index (χ0) is 15.5. The van der Waals surface area contributed by atoms with E-state index in [1.165, 1.54) is 0 Å². The maximum absolute atomic E-state index is 12.4. The quantitative estimate of drug-likeness (QED) is 0.834. The fourth-order valence-corrected chi connectivity index (χ4v) is 3.86. The predicted octanol–water partition coefficient (Wildman–Crippen LogP) is 1.31. The molecule has 0 aromatic carbocycles. The van der Waals surface area contributed by atoms with Crippen LogP contribution in [0.5, 0.6) is 0 Å². The van der Waals surface area contributed by atoms with E-state index in [0.29, 0.717) is 24.8 Å². The Labute approximate surface area is 131 Å². The van der Waals surface area contributed by atoms with E-state index in [0.717, 1.165) is 51.0 Å². The van der Waals surface area contributed by atoms with Gasteiger partial charge < -0.3 is 15.2 Å². The van der Waals surface area contributed by atoms with Gasteiger partial charge in [-0.2, -0.15) is 0 Å². The number of amides is 1. The van der Waals surface area contributed by atoms with Gasteiger partial charge in [-0.1, -0.05) is 12.5 Å². The molecule has 5 nitrogen and oxygen atoms in total. The number of hydrogen-bond donors (Lipinski definition) is 1. The molecule has 0 aliphatic carbocycles. The van der Waals surface area contributed by atoms with E-state index in [2.05, 4.69) is 0 Å². The molecule has 1 aromatic heterocycles. The van der Waals surface area contributed by atoms with Gasteiger partial charge in [0.1, 0.15) is 0 Å². The summed E-state index contributed by atoms with van der Waals surface area (Å²) in [4.78, 5) is 26.4. The molecule has 3 rings (SSSR count). The lowest BCUT2D eigenvalue weighted by atomic mass is 9.83. The molecule has 0 saturated carbocycles. The van der Waals surface area contributed by atoms with Gasteiger partial charge in [-0.25, -0.2) is 0 Å². The summed E-state index contributed by atoms with van der Waals surface area (Å²) in [5.41, 5.74) is 6.68. The fourth-order valence-electron chi connectivity index (χ4n) is 3.86. The summed E-state index contributed by atoms with van der Waals surface area (Å²) in [6.45, 7) is 3.01. The zero-order valence-corrected chi connectivity index (χ0v) is 13.0. The van der Waals surface area contributed by atoms with E-state index in [9.17, 15) is 9.59 Å². The fraction of sp³-hybridized carbons (Fsp3) is 0.647. The highest BCUT2D eigenvalue weighted by Gasteiger charge is 2.35. The van der Waals surface area contributed by atoms with Gasteiger partial charge in [0.25, 0.3) is 5.56 Å². The predicted molar refractivity (Wildman–Crippen MR) is 85.7 cm³/mol. The van der Waals surface area contributed by atoms with Gasteiger partial charge in [0.05, 0.1) is 0 Å². The smallest absolute Gasteiger partial charge is 0.250 e. The van der Waals surface area contributed by atoms with Crippen LogP contribution in [0, 0.1) is 5.92 Å². The Morgan fingerprint density at radius 3 is 2.86 bits per heavy atom. The average molecular weight is 303 g/mol. The first-order chi connectivity index (χ1) is 10.7. The third-order valence-electron chi connectivity index (χ3n) is 4.93. The van der Waals surface area contributed by atoms with Crippen LogP contribution in [0.1, 0.15) is 43.7 Å². The number of hydrogen-bond acceptors (Lipinski definition) is 3. The molecule has 0 spiro atoms. The summed E-state index contributed by atoms with van der Waals surface area (Å²) in [6.07, 6.45) is 4.68. The Kier molecular flexibility index (Phi) is 4.62. The van der Waals surface area contributed by atoms with E-state index < -0.39 is 0 Å². The molecule has 120 valence electrons. The monoisotopic (exact) mass is 303 g/mol. The zero-order valence-electron chi connectivity index (χ0n) is 13.0. The second-order valence-corrected chi connectivity index (χ2v) is 6.60. The van der Waals surface area contributed by atoms with Crippen LogP contribution in [0.3, 0.4) is 0 Å². The van der Waals surface area contributed by atoms with E-state index in [1.54, 1.807) is 6.07 Å². The van der Waals surface area contributed by atoms with Crippen LogP contribution in [0.4, 0.5) is 0 Å². The molecule has 1 fully saturated rings. The molecule has 0 radical (unpaired) electrons. The van der Waals surface area contributed by atoms with Crippen molar-refractivity contribution in [2.45, 2.75) is 44.6 Å². The van der Waals surface area contributed by atoms with Crippen molar-refractivity contribution in [1.29, 1.82) is 0 Å². The molecule has 3 heterocycles. The number of pyridine rings is 1. The molecule has 5 heteroatoms. The SMILES string of the molecule is NCCCCCC(=O)N1C[C@H]2C[C@@H](C1)c1cccc(=O)n1C2. The summed E-state index contributed by atoms with van der Waals surface area (Å²) in [5.74, 6) is 0.993. The van der Waals surface area contributed by atoms with Gasteiger partial charge in [0.2, 0.25) is 5.91 Å². The number of likely N-dealkylation sites (tertiary alicyclic amines) is 1. The molecule has 2 aliphatic rings. The van der Waals surface area contributed by atoms with Crippen LogP contribution in [0.15, 0.2) is 23.0 Å². The first-order valence-corrected chi connectivity index (χ1v) is 8.36. The highest BCUT2D eigenvalue weighted by molar-refractivity contribution is 5.76. The Balaban J connectivity index is 1.66. The average Bonchev–Trinajstić information content (AvgIpc) is 2.52. The molecule has 22 heavy (non-hydrogen) atoms. The lowest BCUT2D eigenvalue weighted by molar-refractivity contribution is -0.134. The summed E-state index contributed by atoms with van der Waals surface area (Å²) < 4.78 is 1.90. The number of nitrogens with zero attached hydrogens (tertiary/aromatic N) is 2. The van der Waals surface area contributed by atoms with Crippen molar-refractivity contribution in [2.75, 3.05) is 19.6 Å². The maximum Gasteiger partial charge on any atom is 0.250 e. The van der Waals surface area contributed by atoms with Crippen LogP contribution in [0.2, 0.25) is 0 Å². The highest BCUT2D eigenvalue weighted by Crippen LogP contribution is 2.35. The van der Waals surface area contributed by atoms with Crippen molar-refractivity contribution in [2.24, 2.45) is 11.7 Å². The third kappa shape index (κ3) is 3.09. The molecule has 2 aliphatic heterocycles. The van der Waals surface area contributed by atoms with Crippen LogP contribution in [0.25, 0.3) is 0 Å². The number of piperidine rings is 1. The number of carbonyl (C=O) groups excluding carboxylic acids is 1. The second-order valence-electron chi connectivity index (χ2n) is 6.60. The van der Waals surface area contributed by atoms with Crippen molar-refractivity contribution in [1.82, 2.24) is 9.47 Å². The molecule has 1 amide bonds. The summed E-state index contributed by atoms with van der Waals surface area (Å²) >= 11 is 0. The van der Waals surface area contributed by atoms with E-state index in [-0.39, 0.29) is 11.5 Å². The lowest BCUT2D eigenvalue weighted by Gasteiger charge is -2.42. The van der Waals surface area contributed by atoms with Crippen LogP contribution >= 0.6 is 0 Å². The van der Waals surface area contributed by atoms with Crippen molar-refractivity contribution in [3.8, 4) is 0 Å². The first-order valence-electron chi connectivity index (χ1n) is 8.36. The number of fused-ring (bicyclic) bond motifs is 4. The van der Waals surface area contributed by atoms with Gasteiger partial charge in [-0.3, -0.25) is 9.59 Å². The highest BCUT2D eigenvalue weighted by atomic mass is 16.2. The third-order valence-corrected chi connectivity index (χ3v) is 4.93.